The first-order chi connectivity index (χ1) is 13.4. The lowest BCUT2D eigenvalue weighted by atomic mass is 9.95. The minimum absolute atomic E-state index is 0.00625. The largest absolute Gasteiger partial charge is 0.290 e. The van der Waals surface area contributed by atoms with Crippen molar-refractivity contribution < 1.29 is 19.2 Å². The smallest absolute Gasteiger partial charge is 0.266 e. The molecular weight excluding hydrogens is 368 g/mol. The number of nitrogens with two attached hydrogens (primary N) is 4. The number of hydrogen-bond acceptors (Lipinski definition) is 8. The fraction of sp³-hybridized carbons (Fsp3) is 0. The second-order valence-corrected chi connectivity index (χ2v) is 5.41. The van der Waals surface area contributed by atoms with E-state index in [1.165, 1.54) is 36.4 Å². The maximum absolute atomic E-state index is 12.0. The molecule has 0 bridgehead atoms. The molecule has 2 aromatic carbocycles. The molecule has 12 heteroatoms. The van der Waals surface area contributed by atoms with Crippen LogP contribution in [0.4, 0.5) is 0 Å². The summed E-state index contributed by atoms with van der Waals surface area (Å²) in [5.41, 5.74) is 8.57. The second kappa shape index (κ2) is 8.70. The zero-order chi connectivity index (χ0) is 20.8. The molecule has 0 saturated heterocycles. The Morgan fingerprint density at radius 1 is 0.500 bits per heavy atom. The third kappa shape index (κ3) is 3.94. The van der Waals surface area contributed by atoms with E-state index in [0.29, 0.717) is 11.1 Å². The van der Waals surface area contributed by atoms with Gasteiger partial charge in [-0.15, -0.1) is 0 Å². The topological polar surface area (TPSA) is 220 Å². The fourth-order valence-electron chi connectivity index (χ4n) is 2.53. The molecular formula is C16H18N8O4. The predicted octanol–water partition coefficient (Wildman–Crippen LogP) is -2.23. The number of rotatable bonds is 5. The van der Waals surface area contributed by atoms with E-state index < -0.39 is 23.6 Å². The Kier molecular flexibility index (Phi) is 6.36. The third-order valence-electron chi connectivity index (χ3n) is 3.88. The van der Waals surface area contributed by atoms with Crippen LogP contribution in [0, 0.1) is 0 Å². The first-order valence-electron chi connectivity index (χ1n) is 7.70. The average molecular weight is 386 g/mol. The van der Waals surface area contributed by atoms with Crippen LogP contribution in [-0.2, 0) is 0 Å². The van der Waals surface area contributed by atoms with Gasteiger partial charge in [0, 0.05) is 0 Å². The minimum Gasteiger partial charge on any atom is -0.290 e. The molecule has 0 unspecified atom stereocenters. The molecule has 0 heterocycles. The minimum atomic E-state index is -0.723. The van der Waals surface area contributed by atoms with E-state index >= 15 is 0 Å². The van der Waals surface area contributed by atoms with Gasteiger partial charge in [-0.25, -0.2) is 23.4 Å². The molecule has 2 aromatic rings. The summed E-state index contributed by atoms with van der Waals surface area (Å²) in [5, 5.41) is 0. The number of carbonyl (C=O) groups excluding carboxylic acids is 4. The number of hydrazine groups is 4. The molecule has 12 N–H and O–H groups in total. The monoisotopic (exact) mass is 386 g/mol. The quantitative estimate of drug-likeness (QED) is 0.159. The van der Waals surface area contributed by atoms with Crippen LogP contribution in [0.3, 0.4) is 0 Å². The Bertz CT molecular complexity index is 882. The summed E-state index contributed by atoms with van der Waals surface area (Å²) < 4.78 is 0. The van der Waals surface area contributed by atoms with Crippen LogP contribution in [0.25, 0.3) is 11.1 Å². The van der Waals surface area contributed by atoms with Gasteiger partial charge in [0.2, 0.25) is 0 Å². The molecule has 0 aliphatic heterocycles. The second-order valence-electron chi connectivity index (χ2n) is 5.41. The highest BCUT2D eigenvalue weighted by atomic mass is 16.2. The Labute approximate surface area is 158 Å². The van der Waals surface area contributed by atoms with Gasteiger partial charge in [-0.1, -0.05) is 12.1 Å². The molecule has 0 spiro atoms. The van der Waals surface area contributed by atoms with Gasteiger partial charge < -0.3 is 0 Å². The normalized spacial score (nSPS) is 10.0. The summed E-state index contributed by atoms with van der Waals surface area (Å²) in [6.07, 6.45) is 0. The molecule has 0 aliphatic rings. The Balaban J connectivity index is 2.64. The van der Waals surface area contributed by atoms with Gasteiger partial charge in [-0.05, 0) is 35.4 Å². The number of amides is 4. The van der Waals surface area contributed by atoms with Crippen LogP contribution in [0.5, 0.6) is 0 Å². The first-order valence-corrected chi connectivity index (χ1v) is 7.70. The van der Waals surface area contributed by atoms with E-state index in [4.69, 9.17) is 23.4 Å². The van der Waals surface area contributed by atoms with Crippen LogP contribution in [-0.4, -0.2) is 23.6 Å². The molecule has 0 aromatic heterocycles. The summed E-state index contributed by atoms with van der Waals surface area (Å²) in [6.45, 7) is 0. The highest BCUT2D eigenvalue weighted by Crippen LogP contribution is 2.25. The molecule has 2 rings (SSSR count). The molecule has 0 aliphatic carbocycles. The summed E-state index contributed by atoms with van der Waals surface area (Å²) in [4.78, 5) is 47.8. The maximum atomic E-state index is 12.0. The summed E-state index contributed by atoms with van der Waals surface area (Å²) >= 11 is 0. The third-order valence-corrected chi connectivity index (χ3v) is 3.88. The highest BCUT2D eigenvalue weighted by molar-refractivity contribution is 6.09. The lowest BCUT2D eigenvalue weighted by molar-refractivity contribution is 0.0919. The van der Waals surface area contributed by atoms with E-state index in [9.17, 15) is 19.2 Å². The van der Waals surface area contributed by atoms with Gasteiger partial charge in [0.1, 0.15) is 0 Å². The number of hydrogen-bond donors (Lipinski definition) is 8. The standard InChI is InChI=1S/C16H18N8O4/c17-21-13(25)9-3-1-7(5-11(9)15(27)23-19)8-2-4-10(14(26)22-18)12(6-8)16(28)24-20/h1-6H,17-20H2,(H,21,25)(H,22,26)(H,23,27)(H,24,28). The van der Waals surface area contributed by atoms with Gasteiger partial charge in [0.15, 0.2) is 0 Å². The number of carbonyl (C=O) groups is 4. The van der Waals surface area contributed by atoms with Crippen molar-refractivity contribution in [2.45, 2.75) is 0 Å². The number of benzene rings is 2. The fourth-order valence-corrected chi connectivity index (χ4v) is 2.53. The molecule has 0 radical (unpaired) electrons. The molecule has 28 heavy (non-hydrogen) atoms. The molecule has 146 valence electrons. The van der Waals surface area contributed by atoms with Gasteiger partial charge >= 0.3 is 0 Å². The molecule has 12 nitrogen and oxygen atoms in total. The van der Waals surface area contributed by atoms with Crippen LogP contribution >= 0.6 is 0 Å². The van der Waals surface area contributed by atoms with E-state index in [0.717, 1.165) is 0 Å². The first kappa shape index (κ1) is 20.5. The molecule has 0 saturated carbocycles. The average Bonchev–Trinajstić information content (AvgIpc) is 2.75. The van der Waals surface area contributed by atoms with Crippen molar-refractivity contribution in [2.75, 3.05) is 0 Å². The van der Waals surface area contributed by atoms with Crippen molar-refractivity contribution in [3.05, 3.63) is 58.7 Å². The molecule has 0 fully saturated rings. The van der Waals surface area contributed by atoms with Crippen molar-refractivity contribution in [1.29, 1.82) is 0 Å². The van der Waals surface area contributed by atoms with E-state index in [1.54, 1.807) is 0 Å². The number of nitrogen functional groups attached to an aromatic ring is 4. The Morgan fingerprint density at radius 3 is 1.07 bits per heavy atom. The highest BCUT2D eigenvalue weighted by Gasteiger charge is 2.20. The van der Waals surface area contributed by atoms with Gasteiger partial charge in [-0.2, -0.15) is 0 Å². The van der Waals surface area contributed by atoms with Crippen molar-refractivity contribution in [3.63, 3.8) is 0 Å². The van der Waals surface area contributed by atoms with Gasteiger partial charge in [0.25, 0.3) is 23.6 Å². The molecule has 0 atom stereocenters. The predicted molar refractivity (Wildman–Crippen MR) is 98.5 cm³/mol. The zero-order valence-electron chi connectivity index (χ0n) is 14.4. The van der Waals surface area contributed by atoms with Crippen molar-refractivity contribution in [3.8, 4) is 11.1 Å². The lowest BCUT2D eigenvalue weighted by Crippen LogP contribution is -2.35. The van der Waals surface area contributed by atoms with E-state index in [-0.39, 0.29) is 22.3 Å². The van der Waals surface area contributed by atoms with Crippen LogP contribution in [0.15, 0.2) is 36.4 Å². The summed E-state index contributed by atoms with van der Waals surface area (Å²) in [5.74, 6) is 17.8. The Hall–Kier alpha value is -3.84. The Morgan fingerprint density at radius 2 is 0.786 bits per heavy atom. The zero-order valence-corrected chi connectivity index (χ0v) is 14.4. The lowest BCUT2D eigenvalue weighted by Gasteiger charge is -2.12. The van der Waals surface area contributed by atoms with Crippen LogP contribution in [0.1, 0.15) is 41.4 Å². The maximum Gasteiger partial charge on any atom is 0.266 e. The van der Waals surface area contributed by atoms with Crippen LogP contribution < -0.4 is 45.1 Å². The van der Waals surface area contributed by atoms with Crippen molar-refractivity contribution in [1.82, 2.24) is 21.7 Å². The summed E-state index contributed by atoms with van der Waals surface area (Å²) in [6, 6.07) is 8.56. The van der Waals surface area contributed by atoms with Crippen molar-refractivity contribution in [2.24, 2.45) is 23.4 Å². The summed E-state index contributed by atoms with van der Waals surface area (Å²) in [7, 11) is 0. The van der Waals surface area contributed by atoms with E-state index in [1.807, 2.05) is 21.7 Å². The van der Waals surface area contributed by atoms with Gasteiger partial charge in [0.05, 0.1) is 22.3 Å². The van der Waals surface area contributed by atoms with Gasteiger partial charge in [-0.3, -0.25) is 40.9 Å². The van der Waals surface area contributed by atoms with E-state index in [2.05, 4.69) is 0 Å². The molecule has 4 amide bonds. The number of nitrogens with one attached hydrogen (secondary N) is 4. The van der Waals surface area contributed by atoms with Crippen LogP contribution in [0.2, 0.25) is 0 Å². The SMILES string of the molecule is NNC(=O)c1ccc(-c2ccc(C(=O)NN)c(C(=O)NN)c2)cc1C(=O)NN. The van der Waals surface area contributed by atoms with Crippen molar-refractivity contribution >= 4 is 23.6 Å².